The van der Waals surface area contributed by atoms with Crippen molar-refractivity contribution in [1.29, 1.82) is 0 Å². The van der Waals surface area contributed by atoms with E-state index < -0.39 is 29.0 Å². The molecular formula is C26H20BrNO7. The van der Waals surface area contributed by atoms with Gasteiger partial charge in [0.1, 0.15) is 22.7 Å². The number of fused-ring (bicyclic) bond motifs is 1. The minimum absolute atomic E-state index is 0.00472. The highest BCUT2D eigenvalue weighted by Gasteiger charge is 2.52. The highest BCUT2D eigenvalue weighted by Crippen LogP contribution is 2.52. The molecule has 1 unspecified atom stereocenters. The highest BCUT2D eigenvalue weighted by molar-refractivity contribution is 9.10. The Morgan fingerprint density at radius 1 is 0.886 bits per heavy atom. The number of amides is 1. The number of anilines is 1. The van der Waals surface area contributed by atoms with E-state index >= 15 is 0 Å². The van der Waals surface area contributed by atoms with Crippen molar-refractivity contribution in [2.75, 3.05) is 5.32 Å². The molecule has 0 bridgehead atoms. The lowest BCUT2D eigenvalue weighted by atomic mass is 9.68. The molecule has 0 aliphatic carbocycles. The maximum Gasteiger partial charge on any atom is 0.308 e. The maximum atomic E-state index is 13.8. The van der Waals surface area contributed by atoms with Crippen LogP contribution in [0.1, 0.15) is 47.8 Å². The van der Waals surface area contributed by atoms with E-state index in [0.29, 0.717) is 26.9 Å². The first-order valence-electron chi connectivity index (χ1n) is 10.5. The van der Waals surface area contributed by atoms with Gasteiger partial charge in [-0.1, -0.05) is 18.2 Å². The largest absolute Gasteiger partial charge is 0.507 e. The number of phenols is 1. The molecule has 35 heavy (non-hydrogen) atoms. The van der Waals surface area contributed by atoms with Crippen LogP contribution in [-0.2, 0) is 19.8 Å². The SMILES string of the molecule is CC(=O)Oc1ccc(C2(c3ccc(OC(C)=O)c(Br)c3)C(=O)Nc3ccc(O)c(C(C)=O)c32)cc1. The Morgan fingerprint density at radius 2 is 1.51 bits per heavy atom. The Hall–Kier alpha value is -3.98. The molecule has 0 aromatic heterocycles. The summed E-state index contributed by atoms with van der Waals surface area (Å²) < 4.78 is 10.7. The minimum atomic E-state index is -1.55. The van der Waals surface area contributed by atoms with Crippen LogP contribution in [0.25, 0.3) is 0 Å². The van der Waals surface area contributed by atoms with Crippen LogP contribution in [0.5, 0.6) is 17.2 Å². The van der Waals surface area contributed by atoms with Gasteiger partial charge in [0.15, 0.2) is 5.78 Å². The summed E-state index contributed by atoms with van der Waals surface area (Å²) in [4.78, 5) is 49.3. The molecule has 0 spiro atoms. The maximum absolute atomic E-state index is 13.8. The van der Waals surface area contributed by atoms with Gasteiger partial charge in [0.25, 0.3) is 0 Å². The van der Waals surface area contributed by atoms with Gasteiger partial charge in [-0.15, -0.1) is 0 Å². The van der Waals surface area contributed by atoms with Crippen LogP contribution < -0.4 is 14.8 Å². The molecule has 9 heteroatoms. The van der Waals surface area contributed by atoms with Gasteiger partial charge in [0.05, 0.1) is 10.0 Å². The number of ether oxygens (including phenoxy) is 2. The third-order valence-electron chi connectivity index (χ3n) is 5.67. The Balaban J connectivity index is 2.05. The molecule has 0 saturated heterocycles. The summed E-state index contributed by atoms with van der Waals surface area (Å²) in [6, 6.07) is 14.0. The van der Waals surface area contributed by atoms with Crippen molar-refractivity contribution >= 4 is 45.2 Å². The number of hydrogen-bond acceptors (Lipinski definition) is 7. The number of carbonyl (C=O) groups excluding carboxylic acids is 4. The van der Waals surface area contributed by atoms with Crippen molar-refractivity contribution < 1.29 is 33.8 Å². The lowest BCUT2D eigenvalue weighted by Gasteiger charge is -2.31. The molecule has 3 aromatic carbocycles. The predicted molar refractivity (Wildman–Crippen MR) is 130 cm³/mol. The summed E-state index contributed by atoms with van der Waals surface area (Å²) in [7, 11) is 0. The number of ketones is 1. The van der Waals surface area contributed by atoms with E-state index in [0.717, 1.165) is 0 Å². The van der Waals surface area contributed by atoms with Crippen LogP contribution in [0.3, 0.4) is 0 Å². The topological polar surface area (TPSA) is 119 Å². The van der Waals surface area contributed by atoms with Crippen molar-refractivity contribution in [3.05, 3.63) is 81.3 Å². The van der Waals surface area contributed by atoms with Crippen LogP contribution in [0, 0.1) is 0 Å². The molecule has 3 aromatic rings. The summed E-state index contributed by atoms with van der Waals surface area (Å²) in [5, 5.41) is 13.4. The Bertz CT molecular complexity index is 1400. The van der Waals surface area contributed by atoms with E-state index in [-0.39, 0.29) is 22.8 Å². The fourth-order valence-corrected chi connectivity index (χ4v) is 4.86. The molecule has 178 valence electrons. The van der Waals surface area contributed by atoms with E-state index in [1.165, 1.54) is 39.0 Å². The number of nitrogens with one attached hydrogen (secondary N) is 1. The Labute approximate surface area is 209 Å². The number of Topliss-reactive ketones (excluding diaryl/α,β-unsaturated/α-hetero) is 1. The van der Waals surface area contributed by atoms with Crippen LogP contribution in [0.15, 0.2) is 59.1 Å². The molecule has 1 aliphatic heterocycles. The number of phenolic OH excluding ortho intramolecular Hbond substituents is 1. The van der Waals surface area contributed by atoms with E-state index in [1.807, 2.05) is 0 Å². The molecule has 0 saturated carbocycles. The monoisotopic (exact) mass is 537 g/mol. The molecule has 1 atom stereocenters. The second-order valence-corrected chi connectivity index (χ2v) is 8.85. The molecule has 2 N–H and O–H groups in total. The molecule has 8 nitrogen and oxygen atoms in total. The van der Waals surface area contributed by atoms with Crippen molar-refractivity contribution in [1.82, 2.24) is 0 Å². The van der Waals surface area contributed by atoms with Crippen LogP contribution in [-0.4, -0.2) is 28.7 Å². The number of hydrogen-bond donors (Lipinski definition) is 2. The predicted octanol–water partition coefficient (Wildman–Crippen LogP) is 4.49. The summed E-state index contributed by atoms with van der Waals surface area (Å²) in [6.07, 6.45) is 0. The molecule has 4 rings (SSSR count). The zero-order chi connectivity index (χ0) is 25.5. The van der Waals surface area contributed by atoms with Gasteiger partial charge in [-0.2, -0.15) is 0 Å². The van der Waals surface area contributed by atoms with Gasteiger partial charge in [0.2, 0.25) is 5.91 Å². The quantitative estimate of drug-likeness (QED) is 0.213. The number of esters is 2. The first-order valence-corrected chi connectivity index (χ1v) is 11.3. The smallest absolute Gasteiger partial charge is 0.308 e. The summed E-state index contributed by atoms with van der Waals surface area (Å²) in [5.74, 6) is -1.61. The summed E-state index contributed by atoms with van der Waals surface area (Å²) in [5.41, 5.74) is 0.0330. The second kappa shape index (κ2) is 8.99. The van der Waals surface area contributed by atoms with Gasteiger partial charge < -0.3 is 19.9 Å². The molecule has 0 fully saturated rings. The van der Waals surface area contributed by atoms with Crippen LogP contribution in [0.2, 0.25) is 0 Å². The number of carbonyl (C=O) groups is 4. The van der Waals surface area contributed by atoms with Crippen molar-refractivity contribution in [3.8, 4) is 17.2 Å². The fraction of sp³-hybridized carbons (Fsp3) is 0.154. The number of halogens is 1. The standard InChI is InChI=1S/C26H20BrNO7/c1-13(29)23-21(32)10-9-20-24(23)26(25(33)28-20,16-4-7-18(8-5-16)34-14(2)30)17-6-11-22(19(27)12-17)35-15(3)31/h4-12,32H,1-3H3,(H,28,33). The molecule has 1 aliphatic rings. The van der Waals surface area contributed by atoms with Crippen LogP contribution >= 0.6 is 15.9 Å². The average molecular weight is 538 g/mol. The van der Waals surface area contributed by atoms with Crippen molar-refractivity contribution in [2.24, 2.45) is 0 Å². The van der Waals surface area contributed by atoms with Crippen molar-refractivity contribution in [2.45, 2.75) is 26.2 Å². The third-order valence-corrected chi connectivity index (χ3v) is 6.29. The van der Waals surface area contributed by atoms with E-state index in [2.05, 4.69) is 21.2 Å². The third kappa shape index (κ3) is 4.08. The number of benzene rings is 3. The molecule has 1 heterocycles. The lowest BCUT2D eigenvalue weighted by Crippen LogP contribution is -2.38. The summed E-state index contributed by atoms with van der Waals surface area (Å²) in [6.45, 7) is 3.86. The van der Waals surface area contributed by atoms with Gasteiger partial charge in [-0.25, -0.2) is 0 Å². The molecule has 0 radical (unpaired) electrons. The molecular weight excluding hydrogens is 518 g/mol. The zero-order valence-electron chi connectivity index (χ0n) is 19.0. The van der Waals surface area contributed by atoms with Gasteiger partial charge in [0, 0.05) is 25.1 Å². The Morgan fingerprint density at radius 3 is 2.09 bits per heavy atom. The average Bonchev–Trinajstić information content (AvgIpc) is 3.07. The summed E-state index contributed by atoms with van der Waals surface area (Å²) >= 11 is 3.40. The normalized spacial score (nSPS) is 16.3. The van der Waals surface area contributed by atoms with Crippen LogP contribution in [0.4, 0.5) is 5.69 Å². The Kier molecular flexibility index (Phi) is 6.21. The highest BCUT2D eigenvalue weighted by atomic mass is 79.9. The molecule has 1 amide bonds. The van der Waals surface area contributed by atoms with Crippen molar-refractivity contribution in [3.63, 3.8) is 0 Å². The van der Waals surface area contributed by atoms with E-state index in [4.69, 9.17) is 9.47 Å². The first kappa shape index (κ1) is 24.2. The van der Waals surface area contributed by atoms with Gasteiger partial charge in [-0.3, -0.25) is 19.2 Å². The number of aromatic hydroxyl groups is 1. The zero-order valence-corrected chi connectivity index (χ0v) is 20.6. The van der Waals surface area contributed by atoms with E-state index in [9.17, 15) is 24.3 Å². The minimum Gasteiger partial charge on any atom is -0.507 e. The van der Waals surface area contributed by atoms with Gasteiger partial charge in [-0.05, 0) is 70.4 Å². The van der Waals surface area contributed by atoms with E-state index in [1.54, 1.807) is 36.4 Å². The first-order chi connectivity index (χ1) is 16.5. The second-order valence-electron chi connectivity index (χ2n) is 8.00. The fourth-order valence-electron chi connectivity index (χ4n) is 4.40. The lowest BCUT2D eigenvalue weighted by molar-refractivity contribution is -0.132. The number of rotatable bonds is 5. The van der Waals surface area contributed by atoms with Gasteiger partial charge >= 0.3 is 11.9 Å².